The predicted octanol–water partition coefficient (Wildman–Crippen LogP) is 7.42. The fourth-order valence-corrected chi connectivity index (χ4v) is 5.35. The van der Waals surface area contributed by atoms with E-state index in [4.69, 9.17) is 9.47 Å². The van der Waals surface area contributed by atoms with Gasteiger partial charge in [-0.1, -0.05) is 74.1 Å². The van der Waals surface area contributed by atoms with Gasteiger partial charge in [-0.2, -0.15) is 0 Å². The van der Waals surface area contributed by atoms with E-state index in [0.717, 1.165) is 16.0 Å². The minimum atomic E-state index is -0.974. The summed E-state index contributed by atoms with van der Waals surface area (Å²) < 4.78 is 11.5. The SMILES string of the molecule is CC(C)c1ccccc1SC1=C(O)CC(CCCCC(=O)OC(C)(C)C)(c2ccccc2)OC1=O. The van der Waals surface area contributed by atoms with Crippen molar-refractivity contribution in [3.05, 3.63) is 76.4 Å². The van der Waals surface area contributed by atoms with Gasteiger partial charge in [-0.15, -0.1) is 0 Å². The van der Waals surface area contributed by atoms with Gasteiger partial charge in [0.05, 0.1) is 6.42 Å². The molecule has 0 aliphatic carbocycles. The van der Waals surface area contributed by atoms with Crippen molar-refractivity contribution in [1.29, 1.82) is 0 Å². The van der Waals surface area contributed by atoms with E-state index in [1.165, 1.54) is 11.8 Å². The van der Waals surface area contributed by atoms with Crippen LogP contribution < -0.4 is 0 Å². The molecule has 0 fully saturated rings. The van der Waals surface area contributed by atoms with Gasteiger partial charge in [-0.3, -0.25) is 4.79 Å². The van der Waals surface area contributed by atoms with Gasteiger partial charge in [0.2, 0.25) is 0 Å². The second-order valence-electron chi connectivity index (χ2n) is 10.3. The molecule has 2 aromatic rings. The van der Waals surface area contributed by atoms with Crippen molar-refractivity contribution in [3.63, 3.8) is 0 Å². The second kappa shape index (κ2) is 11.3. The van der Waals surface area contributed by atoms with Crippen molar-refractivity contribution in [2.24, 2.45) is 0 Å². The molecule has 3 rings (SSSR count). The highest BCUT2D eigenvalue weighted by Crippen LogP contribution is 2.46. The molecule has 1 N–H and O–H groups in total. The number of hydrogen-bond donors (Lipinski definition) is 1. The van der Waals surface area contributed by atoms with Crippen molar-refractivity contribution in [2.75, 3.05) is 0 Å². The number of aliphatic hydroxyl groups is 1. The Balaban J connectivity index is 1.79. The average Bonchev–Trinajstić information content (AvgIpc) is 2.79. The standard InChI is InChI=1S/C29H36O5S/c1-20(2)22-15-9-10-16-24(22)35-26-23(30)19-29(34-27(26)32,21-13-7-6-8-14-21)18-12-11-17-25(31)33-28(3,4)5/h6-10,13-16,20,30H,11-12,17-19H2,1-5H3. The van der Waals surface area contributed by atoms with Crippen LogP contribution in [0, 0.1) is 0 Å². The zero-order valence-corrected chi connectivity index (χ0v) is 22.1. The molecule has 1 aliphatic heterocycles. The van der Waals surface area contributed by atoms with Crippen LogP contribution in [0.3, 0.4) is 0 Å². The number of benzene rings is 2. The van der Waals surface area contributed by atoms with E-state index in [1.54, 1.807) is 0 Å². The lowest BCUT2D eigenvalue weighted by Gasteiger charge is -2.37. The van der Waals surface area contributed by atoms with E-state index < -0.39 is 17.2 Å². The molecule has 0 aromatic heterocycles. The number of hydrogen-bond acceptors (Lipinski definition) is 6. The Labute approximate surface area is 212 Å². The van der Waals surface area contributed by atoms with Crippen LogP contribution in [0.15, 0.2) is 70.2 Å². The molecule has 0 saturated carbocycles. The van der Waals surface area contributed by atoms with E-state index in [9.17, 15) is 14.7 Å². The first kappa shape index (κ1) is 26.9. The summed E-state index contributed by atoms with van der Waals surface area (Å²) in [7, 11) is 0. The van der Waals surface area contributed by atoms with Gasteiger partial charge >= 0.3 is 11.9 Å². The van der Waals surface area contributed by atoms with Gasteiger partial charge < -0.3 is 14.6 Å². The topological polar surface area (TPSA) is 72.8 Å². The molecule has 0 bridgehead atoms. The van der Waals surface area contributed by atoms with E-state index in [1.807, 2.05) is 75.4 Å². The van der Waals surface area contributed by atoms with Crippen molar-refractivity contribution in [3.8, 4) is 0 Å². The highest BCUT2D eigenvalue weighted by Gasteiger charge is 2.43. The summed E-state index contributed by atoms with van der Waals surface area (Å²) in [6.07, 6.45) is 2.24. The lowest BCUT2D eigenvalue weighted by molar-refractivity contribution is -0.161. The molecule has 35 heavy (non-hydrogen) atoms. The number of aliphatic hydroxyl groups excluding tert-OH is 1. The monoisotopic (exact) mass is 496 g/mol. The quantitative estimate of drug-likeness (QED) is 0.288. The number of thioether (sulfide) groups is 1. The summed E-state index contributed by atoms with van der Waals surface area (Å²) in [6, 6.07) is 17.4. The summed E-state index contributed by atoms with van der Waals surface area (Å²) in [6.45, 7) is 9.75. The Kier molecular flexibility index (Phi) is 8.70. The van der Waals surface area contributed by atoms with Gasteiger partial charge in [-0.05, 0) is 63.1 Å². The van der Waals surface area contributed by atoms with Crippen molar-refractivity contribution >= 4 is 23.7 Å². The van der Waals surface area contributed by atoms with Crippen LogP contribution in [0.2, 0.25) is 0 Å². The van der Waals surface area contributed by atoms with E-state index in [2.05, 4.69) is 13.8 Å². The Morgan fingerprint density at radius 3 is 2.37 bits per heavy atom. The Hall–Kier alpha value is -2.73. The number of ether oxygens (including phenoxy) is 2. The van der Waals surface area contributed by atoms with Crippen LogP contribution in [-0.4, -0.2) is 22.6 Å². The third-order valence-electron chi connectivity index (χ3n) is 5.87. The summed E-state index contributed by atoms with van der Waals surface area (Å²) in [5, 5.41) is 11.1. The number of rotatable bonds is 9. The van der Waals surface area contributed by atoms with Gasteiger partial charge in [0.1, 0.15) is 21.9 Å². The maximum atomic E-state index is 13.2. The Bertz CT molecular complexity index is 1070. The minimum absolute atomic E-state index is 0.0424. The maximum absolute atomic E-state index is 13.2. The molecule has 2 aromatic carbocycles. The van der Waals surface area contributed by atoms with Gasteiger partial charge in [0.25, 0.3) is 0 Å². The van der Waals surface area contributed by atoms with Crippen LogP contribution in [0.25, 0.3) is 0 Å². The molecule has 1 heterocycles. The summed E-state index contributed by atoms with van der Waals surface area (Å²) in [4.78, 5) is 26.5. The highest BCUT2D eigenvalue weighted by molar-refractivity contribution is 8.04. The minimum Gasteiger partial charge on any atom is -0.511 e. The van der Waals surface area contributed by atoms with Crippen LogP contribution in [0.1, 0.15) is 83.8 Å². The lowest BCUT2D eigenvalue weighted by Crippen LogP contribution is -2.37. The number of esters is 2. The highest BCUT2D eigenvalue weighted by atomic mass is 32.2. The fourth-order valence-electron chi connectivity index (χ4n) is 4.25. The molecule has 188 valence electrons. The molecular weight excluding hydrogens is 460 g/mol. The first-order chi connectivity index (χ1) is 16.5. The maximum Gasteiger partial charge on any atom is 0.349 e. The van der Waals surface area contributed by atoms with E-state index >= 15 is 0 Å². The van der Waals surface area contributed by atoms with Crippen LogP contribution >= 0.6 is 11.8 Å². The molecule has 0 spiro atoms. The molecule has 1 aliphatic rings. The predicted molar refractivity (Wildman–Crippen MR) is 139 cm³/mol. The normalized spacial score (nSPS) is 18.5. The molecule has 0 radical (unpaired) electrons. The van der Waals surface area contributed by atoms with Crippen LogP contribution in [0.5, 0.6) is 0 Å². The number of carbonyl (C=O) groups is 2. The number of cyclic esters (lactones) is 1. The first-order valence-corrected chi connectivity index (χ1v) is 13.0. The van der Waals surface area contributed by atoms with Crippen LogP contribution in [0.4, 0.5) is 0 Å². The summed E-state index contributed by atoms with van der Waals surface area (Å²) >= 11 is 1.26. The summed E-state index contributed by atoms with van der Waals surface area (Å²) in [5.41, 5.74) is 0.467. The number of carbonyl (C=O) groups excluding carboxylic acids is 2. The van der Waals surface area contributed by atoms with Crippen molar-refractivity contribution in [2.45, 2.75) is 88.7 Å². The third kappa shape index (κ3) is 7.14. The third-order valence-corrected chi connectivity index (χ3v) is 7.07. The van der Waals surface area contributed by atoms with Crippen LogP contribution in [-0.2, 0) is 24.7 Å². The zero-order chi connectivity index (χ0) is 25.6. The molecule has 1 atom stereocenters. The molecule has 0 saturated heterocycles. The summed E-state index contributed by atoms with van der Waals surface area (Å²) in [5.74, 6) is -0.430. The molecule has 1 unspecified atom stereocenters. The molecule has 0 amide bonds. The Morgan fingerprint density at radius 2 is 1.74 bits per heavy atom. The molecule has 5 nitrogen and oxygen atoms in total. The van der Waals surface area contributed by atoms with E-state index in [-0.39, 0.29) is 29.0 Å². The molecule has 6 heteroatoms. The van der Waals surface area contributed by atoms with Gasteiger partial charge in [-0.25, -0.2) is 4.79 Å². The smallest absolute Gasteiger partial charge is 0.349 e. The Morgan fingerprint density at radius 1 is 1.09 bits per heavy atom. The van der Waals surface area contributed by atoms with Gasteiger partial charge in [0.15, 0.2) is 0 Å². The average molecular weight is 497 g/mol. The molecular formula is C29H36O5S. The first-order valence-electron chi connectivity index (χ1n) is 12.2. The fraction of sp³-hybridized carbons (Fsp3) is 0.448. The zero-order valence-electron chi connectivity index (χ0n) is 21.3. The number of unbranched alkanes of at least 4 members (excludes halogenated alkanes) is 1. The second-order valence-corrected chi connectivity index (χ2v) is 11.3. The van der Waals surface area contributed by atoms with Crippen molar-refractivity contribution in [1.82, 2.24) is 0 Å². The van der Waals surface area contributed by atoms with E-state index in [0.29, 0.717) is 25.7 Å². The van der Waals surface area contributed by atoms with Gasteiger partial charge in [0, 0.05) is 11.3 Å². The van der Waals surface area contributed by atoms with Crippen molar-refractivity contribution < 1.29 is 24.2 Å². The largest absolute Gasteiger partial charge is 0.511 e. The lowest BCUT2D eigenvalue weighted by atomic mass is 9.83.